The summed E-state index contributed by atoms with van der Waals surface area (Å²) in [5.41, 5.74) is 1.92. The van der Waals surface area contributed by atoms with E-state index in [4.69, 9.17) is 0 Å². The monoisotopic (exact) mass is 271 g/mol. The molecule has 0 heterocycles. The molecule has 1 aliphatic rings. The minimum Gasteiger partial charge on any atom is -0.355 e. The van der Waals surface area contributed by atoms with E-state index < -0.39 is 5.41 Å². The van der Waals surface area contributed by atoms with Gasteiger partial charge in [0.15, 0.2) is 0 Å². The van der Waals surface area contributed by atoms with Gasteiger partial charge in [0.25, 0.3) is 0 Å². The minimum absolute atomic E-state index is 0.164. The van der Waals surface area contributed by atoms with Gasteiger partial charge in [-0.2, -0.15) is 0 Å². The van der Waals surface area contributed by atoms with Crippen molar-refractivity contribution in [3.63, 3.8) is 0 Å². The number of amides is 1. The highest BCUT2D eigenvalue weighted by Crippen LogP contribution is 2.40. The number of rotatable bonds is 7. The van der Waals surface area contributed by atoms with Gasteiger partial charge in [-0.25, -0.2) is 0 Å². The molecule has 1 N–H and O–H groups in total. The first-order valence-corrected chi connectivity index (χ1v) is 7.81. The lowest BCUT2D eigenvalue weighted by molar-refractivity contribution is -0.125. The predicted octanol–water partition coefficient (Wildman–Crippen LogP) is 4.06. The molecule has 0 fully saturated rings. The van der Waals surface area contributed by atoms with Crippen LogP contribution in [0.2, 0.25) is 0 Å². The van der Waals surface area contributed by atoms with E-state index in [0.717, 1.165) is 25.8 Å². The molecule has 1 amide bonds. The summed E-state index contributed by atoms with van der Waals surface area (Å²) in [5, 5.41) is 3.09. The van der Waals surface area contributed by atoms with Crippen molar-refractivity contribution in [3.8, 4) is 0 Å². The zero-order chi connectivity index (χ0) is 14.4. The van der Waals surface area contributed by atoms with Gasteiger partial charge in [-0.05, 0) is 24.0 Å². The third kappa shape index (κ3) is 2.79. The summed E-state index contributed by atoms with van der Waals surface area (Å²) in [5.74, 6) is 0.164. The van der Waals surface area contributed by atoms with E-state index in [2.05, 4.69) is 43.4 Å². The Kier molecular flexibility index (Phi) is 4.99. The quantitative estimate of drug-likeness (QED) is 0.745. The molecule has 2 nitrogen and oxygen atoms in total. The molecular formula is C18H25NO. The lowest BCUT2D eigenvalue weighted by atomic mass is 9.77. The van der Waals surface area contributed by atoms with Crippen molar-refractivity contribution in [2.24, 2.45) is 0 Å². The number of hydrogen-bond acceptors (Lipinski definition) is 1. The molecule has 1 aliphatic carbocycles. The van der Waals surface area contributed by atoms with E-state index in [9.17, 15) is 4.79 Å². The van der Waals surface area contributed by atoms with Crippen LogP contribution < -0.4 is 5.32 Å². The Hall–Kier alpha value is -1.57. The van der Waals surface area contributed by atoms with Gasteiger partial charge in [-0.1, -0.05) is 69.5 Å². The van der Waals surface area contributed by atoms with E-state index in [-0.39, 0.29) is 5.91 Å². The summed E-state index contributed by atoms with van der Waals surface area (Å²) >= 11 is 0. The van der Waals surface area contributed by atoms with Crippen molar-refractivity contribution in [3.05, 3.63) is 41.5 Å². The molecule has 0 bridgehead atoms. The highest BCUT2D eigenvalue weighted by Gasteiger charge is 2.40. The van der Waals surface area contributed by atoms with Crippen molar-refractivity contribution in [1.82, 2.24) is 5.32 Å². The predicted molar refractivity (Wildman–Crippen MR) is 84.6 cm³/mol. The zero-order valence-corrected chi connectivity index (χ0v) is 12.6. The van der Waals surface area contributed by atoms with Crippen molar-refractivity contribution in [2.45, 2.75) is 51.4 Å². The molecule has 0 spiro atoms. The molecule has 2 heteroatoms. The lowest BCUT2D eigenvalue weighted by Crippen LogP contribution is -2.42. The minimum atomic E-state index is -0.444. The first-order valence-electron chi connectivity index (χ1n) is 7.81. The average Bonchev–Trinajstić information content (AvgIpc) is 2.85. The largest absolute Gasteiger partial charge is 0.355 e. The van der Waals surface area contributed by atoms with Gasteiger partial charge in [0, 0.05) is 6.54 Å². The molecule has 0 radical (unpaired) electrons. The molecule has 20 heavy (non-hydrogen) atoms. The number of hydrogen-bond donors (Lipinski definition) is 1. The van der Waals surface area contributed by atoms with Crippen LogP contribution in [0.3, 0.4) is 0 Å². The molecule has 1 atom stereocenters. The molecule has 1 aromatic carbocycles. The summed E-state index contributed by atoms with van der Waals surface area (Å²) < 4.78 is 0. The number of carbonyl (C=O) groups excluding carboxylic acids is 1. The van der Waals surface area contributed by atoms with Gasteiger partial charge in [-0.15, -0.1) is 0 Å². The second kappa shape index (κ2) is 6.74. The van der Waals surface area contributed by atoms with Crippen molar-refractivity contribution in [1.29, 1.82) is 0 Å². The number of benzene rings is 1. The van der Waals surface area contributed by atoms with Crippen molar-refractivity contribution < 1.29 is 4.79 Å². The normalized spacial score (nSPS) is 19.9. The van der Waals surface area contributed by atoms with Crippen LogP contribution in [-0.2, 0) is 10.2 Å². The van der Waals surface area contributed by atoms with Crippen LogP contribution in [0.4, 0.5) is 0 Å². The van der Waals surface area contributed by atoms with Gasteiger partial charge < -0.3 is 5.32 Å². The molecule has 0 aromatic heterocycles. The molecule has 0 saturated heterocycles. The second-order valence-electron chi connectivity index (χ2n) is 5.60. The Morgan fingerprint density at radius 2 is 1.95 bits per heavy atom. The number of unbranched alkanes of at least 4 members (excludes halogenated alkanes) is 2. The lowest BCUT2D eigenvalue weighted by Gasteiger charge is -2.28. The SMILES string of the molecule is CCCCCC1(C(=O)NCCC)C=Cc2ccccc21. The highest BCUT2D eigenvalue weighted by molar-refractivity contribution is 5.95. The standard InChI is InChI=1S/C18H25NO/c1-3-5-8-12-18(17(20)19-14-4-2)13-11-15-9-6-7-10-16(15)18/h6-7,9-11,13H,3-5,8,12,14H2,1-2H3,(H,19,20). The van der Waals surface area contributed by atoms with Gasteiger partial charge in [0.1, 0.15) is 0 Å². The fourth-order valence-corrected chi connectivity index (χ4v) is 2.95. The van der Waals surface area contributed by atoms with Gasteiger partial charge >= 0.3 is 0 Å². The Bertz CT molecular complexity index is 492. The Morgan fingerprint density at radius 3 is 2.70 bits per heavy atom. The van der Waals surface area contributed by atoms with Crippen LogP contribution in [0.25, 0.3) is 6.08 Å². The van der Waals surface area contributed by atoms with Crippen LogP contribution in [0.1, 0.15) is 57.1 Å². The maximum absolute atomic E-state index is 12.7. The third-order valence-corrected chi connectivity index (χ3v) is 4.10. The van der Waals surface area contributed by atoms with E-state index in [1.807, 2.05) is 12.1 Å². The summed E-state index contributed by atoms with van der Waals surface area (Å²) in [7, 11) is 0. The van der Waals surface area contributed by atoms with Crippen LogP contribution in [0.15, 0.2) is 30.3 Å². The van der Waals surface area contributed by atoms with Crippen LogP contribution in [0, 0.1) is 0 Å². The van der Waals surface area contributed by atoms with Gasteiger partial charge in [0.2, 0.25) is 5.91 Å². The Morgan fingerprint density at radius 1 is 1.15 bits per heavy atom. The molecule has 2 rings (SSSR count). The second-order valence-corrected chi connectivity index (χ2v) is 5.60. The Balaban J connectivity index is 2.26. The van der Waals surface area contributed by atoms with E-state index in [0.29, 0.717) is 0 Å². The van der Waals surface area contributed by atoms with E-state index in [1.165, 1.54) is 24.0 Å². The maximum atomic E-state index is 12.7. The van der Waals surface area contributed by atoms with Crippen molar-refractivity contribution in [2.75, 3.05) is 6.54 Å². The summed E-state index contributed by atoms with van der Waals surface area (Å²) in [6, 6.07) is 8.27. The molecular weight excluding hydrogens is 246 g/mol. The van der Waals surface area contributed by atoms with Gasteiger partial charge in [-0.3, -0.25) is 4.79 Å². The highest BCUT2D eigenvalue weighted by atomic mass is 16.2. The fourth-order valence-electron chi connectivity index (χ4n) is 2.95. The molecule has 0 aliphatic heterocycles. The molecule has 1 aromatic rings. The molecule has 1 unspecified atom stereocenters. The molecule has 0 saturated carbocycles. The summed E-state index contributed by atoms with van der Waals surface area (Å²) in [6.07, 6.45) is 9.54. The van der Waals surface area contributed by atoms with Crippen LogP contribution in [0.5, 0.6) is 0 Å². The summed E-state index contributed by atoms with van der Waals surface area (Å²) in [4.78, 5) is 12.7. The summed E-state index contributed by atoms with van der Waals surface area (Å²) in [6.45, 7) is 5.04. The smallest absolute Gasteiger partial charge is 0.234 e. The van der Waals surface area contributed by atoms with Gasteiger partial charge in [0.05, 0.1) is 5.41 Å². The molecule has 108 valence electrons. The van der Waals surface area contributed by atoms with E-state index >= 15 is 0 Å². The number of fused-ring (bicyclic) bond motifs is 1. The number of nitrogens with one attached hydrogen (secondary N) is 1. The third-order valence-electron chi connectivity index (χ3n) is 4.10. The average molecular weight is 271 g/mol. The number of carbonyl (C=O) groups is 1. The van der Waals surface area contributed by atoms with Crippen molar-refractivity contribution >= 4 is 12.0 Å². The first-order chi connectivity index (χ1) is 9.74. The topological polar surface area (TPSA) is 29.1 Å². The zero-order valence-electron chi connectivity index (χ0n) is 12.6. The Labute approximate surface area is 122 Å². The van der Waals surface area contributed by atoms with Crippen LogP contribution >= 0.6 is 0 Å². The van der Waals surface area contributed by atoms with Crippen LogP contribution in [-0.4, -0.2) is 12.5 Å². The maximum Gasteiger partial charge on any atom is 0.234 e. The fraction of sp³-hybridized carbons (Fsp3) is 0.500. The van der Waals surface area contributed by atoms with E-state index in [1.54, 1.807) is 0 Å². The first kappa shape index (κ1) is 14.8.